The van der Waals surface area contributed by atoms with Crippen LogP contribution in [0.15, 0.2) is 48.5 Å². The molecule has 0 spiro atoms. The van der Waals surface area contributed by atoms with E-state index in [1.807, 2.05) is 38.1 Å². The molecule has 2 aromatic rings. The molecule has 0 N–H and O–H groups in total. The molecule has 0 aliphatic carbocycles. The molecule has 0 fully saturated rings. The second kappa shape index (κ2) is 12.1. The molecule has 0 radical (unpaired) electrons. The molecule has 1 atom stereocenters. The summed E-state index contributed by atoms with van der Waals surface area (Å²) in [6.45, 7) is 6.04. The van der Waals surface area contributed by atoms with E-state index in [1.165, 1.54) is 19.3 Å². The summed E-state index contributed by atoms with van der Waals surface area (Å²) >= 11 is 0. The number of hydrogen-bond acceptors (Lipinski definition) is 4. The first-order valence-electron chi connectivity index (χ1n) is 10.7. The first-order chi connectivity index (χ1) is 14.0. The summed E-state index contributed by atoms with van der Waals surface area (Å²) in [5.74, 6) is 0.0716. The molecular formula is C25H32O4. The van der Waals surface area contributed by atoms with Crippen LogP contribution >= 0.6 is 0 Å². The molecule has 4 heteroatoms. The van der Waals surface area contributed by atoms with E-state index in [1.54, 1.807) is 24.3 Å². The van der Waals surface area contributed by atoms with E-state index < -0.39 is 0 Å². The van der Waals surface area contributed by atoms with Gasteiger partial charge in [-0.2, -0.15) is 0 Å². The Morgan fingerprint density at radius 3 is 2.00 bits per heavy atom. The van der Waals surface area contributed by atoms with E-state index in [9.17, 15) is 9.59 Å². The highest BCUT2D eigenvalue weighted by molar-refractivity contribution is 5.90. The molecule has 0 heterocycles. The zero-order valence-electron chi connectivity index (χ0n) is 17.8. The number of benzene rings is 2. The van der Waals surface area contributed by atoms with Gasteiger partial charge in [0, 0.05) is 6.42 Å². The van der Waals surface area contributed by atoms with Gasteiger partial charge in [0.05, 0.1) is 11.7 Å². The maximum atomic E-state index is 12.1. The lowest BCUT2D eigenvalue weighted by molar-refractivity contribution is -0.134. The van der Waals surface area contributed by atoms with Crippen molar-refractivity contribution in [3.8, 4) is 16.9 Å². The maximum absolute atomic E-state index is 12.1. The van der Waals surface area contributed by atoms with E-state index >= 15 is 0 Å². The molecule has 29 heavy (non-hydrogen) atoms. The Balaban J connectivity index is 1.88. The van der Waals surface area contributed by atoms with Crippen molar-refractivity contribution in [2.75, 3.05) is 0 Å². The van der Waals surface area contributed by atoms with Crippen LogP contribution in [0.1, 0.15) is 76.1 Å². The van der Waals surface area contributed by atoms with Gasteiger partial charge in [-0.25, -0.2) is 4.79 Å². The zero-order valence-corrected chi connectivity index (χ0v) is 17.8. The second-order valence-electron chi connectivity index (χ2n) is 7.36. The fraction of sp³-hybridized carbons (Fsp3) is 0.440. The van der Waals surface area contributed by atoms with Crippen molar-refractivity contribution in [1.82, 2.24) is 0 Å². The molecule has 0 amide bonds. The lowest BCUT2D eigenvalue weighted by atomic mass is 10.0. The Bertz CT molecular complexity index is 762. The molecule has 0 saturated carbocycles. The van der Waals surface area contributed by atoms with Crippen LogP contribution < -0.4 is 4.74 Å². The highest BCUT2D eigenvalue weighted by Crippen LogP contribution is 2.23. The van der Waals surface area contributed by atoms with Crippen LogP contribution in [0.4, 0.5) is 0 Å². The van der Waals surface area contributed by atoms with Crippen LogP contribution in [0, 0.1) is 0 Å². The molecule has 0 bridgehead atoms. The Morgan fingerprint density at radius 1 is 0.828 bits per heavy atom. The predicted octanol–water partition coefficient (Wildman–Crippen LogP) is 6.57. The number of carbonyl (C=O) groups excluding carboxylic acids is 2. The minimum absolute atomic E-state index is 0.0891. The molecule has 4 nitrogen and oxygen atoms in total. The summed E-state index contributed by atoms with van der Waals surface area (Å²) in [5, 5.41) is 0. The quantitative estimate of drug-likeness (QED) is 0.245. The zero-order chi connectivity index (χ0) is 21.1. The molecule has 2 aromatic carbocycles. The molecule has 156 valence electrons. The van der Waals surface area contributed by atoms with E-state index in [4.69, 9.17) is 9.47 Å². The molecule has 0 aliphatic rings. The van der Waals surface area contributed by atoms with Crippen LogP contribution in [-0.2, 0) is 9.53 Å². The first-order valence-corrected chi connectivity index (χ1v) is 10.7. The number of carbonyl (C=O) groups is 2. The van der Waals surface area contributed by atoms with Gasteiger partial charge in [0.1, 0.15) is 5.75 Å². The van der Waals surface area contributed by atoms with E-state index in [-0.39, 0.29) is 18.0 Å². The third kappa shape index (κ3) is 7.72. The summed E-state index contributed by atoms with van der Waals surface area (Å²) < 4.78 is 10.8. The van der Waals surface area contributed by atoms with Crippen molar-refractivity contribution < 1.29 is 19.1 Å². The van der Waals surface area contributed by atoms with Gasteiger partial charge in [-0.3, -0.25) is 4.79 Å². The predicted molar refractivity (Wildman–Crippen MR) is 116 cm³/mol. The second-order valence-corrected chi connectivity index (χ2v) is 7.36. The Hall–Kier alpha value is -2.62. The third-order valence-corrected chi connectivity index (χ3v) is 4.91. The number of unbranched alkanes of at least 4 members (excludes halogenated alkanes) is 4. The monoisotopic (exact) mass is 396 g/mol. The van der Waals surface area contributed by atoms with Crippen molar-refractivity contribution in [3.05, 3.63) is 54.1 Å². The van der Waals surface area contributed by atoms with Gasteiger partial charge in [-0.05, 0) is 55.2 Å². The van der Waals surface area contributed by atoms with Crippen LogP contribution in [0.3, 0.4) is 0 Å². The van der Waals surface area contributed by atoms with Crippen LogP contribution in [0.5, 0.6) is 5.75 Å². The number of rotatable bonds is 11. The smallest absolute Gasteiger partial charge is 0.338 e. The summed E-state index contributed by atoms with van der Waals surface area (Å²) in [6, 6.07) is 14.8. The highest BCUT2D eigenvalue weighted by atomic mass is 16.5. The SMILES string of the molecule is CCCCCCCC(=O)Oc1ccc(-c2ccc(C(=O)OC(C)CC)cc2)cc1. The normalized spacial score (nSPS) is 11.7. The minimum Gasteiger partial charge on any atom is -0.459 e. The van der Waals surface area contributed by atoms with Crippen molar-refractivity contribution >= 4 is 11.9 Å². The van der Waals surface area contributed by atoms with Gasteiger partial charge >= 0.3 is 11.9 Å². The minimum atomic E-state index is -0.303. The molecule has 0 aliphatic heterocycles. The summed E-state index contributed by atoms with van der Waals surface area (Å²) in [6.07, 6.45) is 6.70. The lowest BCUT2D eigenvalue weighted by Crippen LogP contribution is -2.13. The molecule has 0 aromatic heterocycles. The molecule has 2 rings (SSSR count). The topological polar surface area (TPSA) is 52.6 Å². The maximum Gasteiger partial charge on any atom is 0.338 e. The molecule has 1 unspecified atom stereocenters. The summed E-state index contributed by atoms with van der Waals surface area (Å²) in [4.78, 5) is 24.0. The Labute approximate surface area is 174 Å². The standard InChI is InChI=1S/C25H32O4/c1-4-6-7-8-9-10-24(26)29-23-17-15-21(16-18-23)20-11-13-22(14-12-20)25(27)28-19(3)5-2/h11-19H,4-10H2,1-3H3. The third-order valence-electron chi connectivity index (χ3n) is 4.91. The number of esters is 2. The van der Waals surface area contributed by atoms with Gasteiger partial charge in [0.15, 0.2) is 0 Å². The van der Waals surface area contributed by atoms with Crippen molar-refractivity contribution in [3.63, 3.8) is 0 Å². The summed E-state index contributed by atoms with van der Waals surface area (Å²) in [5.41, 5.74) is 2.52. The first kappa shape index (κ1) is 22.7. The fourth-order valence-corrected chi connectivity index (χ4v) is 2.90. The number of hydrogen-bond donors (Lipinski definition) is 0. The van der Waals surface area contributed by atoms with Crippen LogP contribution in [0.2, 0.25) is 0 Å². The highest BCUT2D eigenvalue weighted by Gasteiger charge is 2.11. The van der Waals surface area contributed by atoms with Gasteiger partial charge in [0.2, 0.25) is 0 Å². The van der Waals surface area contributed by atoms with Crippen molar-refractivity contribution in [1.29, 1.82) is 0 Å². The fourth-order valence-electron chi connectivity index (χ4n) is 2.90. The van der Waals surface area contributed by atoms with Gasteiger partial charge < -0.3 is 9.47 Å². The lowest BCUT2D eigenvalue weighted by Gasteiger charge is -2.11. The summed E-state index contributed by atoms with van der Waals surface area (Å²) in [7, 11) is 0. The molecular weight excluding hydrogens is 364 g/mol. The average Bonchev–Trinajstić information content (AvgIpc) is 2.74. The van der Waals surface area contributed by atoms with Gasteiger partial charge in [0.25, 0.3) is 0 Å². The molecule has 0 saturated heterocycles. The van der Waals surface area contributed by atoms with Crippen molar-refractivity contribution in [2.24, 2.45) is 0 Å². The van der Waals surface area contributed by atoms with Crippen molar-refractivity contribution in [2.45, 2.75) is 71.8 Å². The van der Waals surface area contributed by atoms with Gasteiger partial charge in [-0.1, -0.05) is 63.8 Å². The van der Waals surface area contributed by atoms with Crippen LogP contribution in [0.25, 0.3) is 11.1 Å². The van der Waals surface area contributed by atoms with E-state index in [0.717, 1.165) is 30.4 Å². The van der Waals surface area contributed by atoms with Gasteiger partial charge in [-0.15, -0.1) is 0 Å². The van der Waals surface area contributed by atoms with Crippen LogP contribution in [-0.4, -0.2) is 18.0 Å². The van der Waals surface area contributed by atoms with E-state index in [2.05, 4.69) is 6.92 Å². The van der Waals surface area contributed by atoms with E-state index in [0.29, 0.717) is 17.7 Å². The Morgan fingerprint density at radius 2 is 1.41 bits per heavy atom. The Kier molecular flexibility index (Phi) is 9.42. The average molecular weight is 397 g/mol. The number of ether oxygens (including phenoxy) is 2. The largest absolute Gasteiger partial charge is 0.459 e.